The lowest BCUT2D eigenvalue weighted by Gasteiger charge is -2.07. The Kier molecular flexibility index (Phi) is 13.8. The normalized spacial score (nSPS) is 12.0. The molecule has 0 aromatic heterocycles. The second kappa shape index (κ2) is 14.6. The molecule has 0 saturated carbocycles. The Labute approximate surface area is 134 Å². The van der Waals surface area contributed by atoms with E-state index in [0.29, 0.717) is 6.42 Å². The summed E-state index contributed by atoms with van der Waals surface area (Å²) in [4.78, 5) is 10.4. The van der Waals surface area contributed by atoms with Crippen molar-refractivity contribution >= 4 is 11.9 Å². The first-order chi connectivity index (χ1) is 10.5. The fourth-order valence-corrected chi connectivity index (χ4v) is 2.45. The minimum absolute atomic E-state index is 0.0514. The summed E-state index contributed by atoms with van der Waals surface area (Å²) in [5.41, 5.74) is 5.19. The van der Waals surface area contributed by atoms with Crippen molar-refractivity contribution in [1.29, 1.82) is 5.41 Å². The number of aliphatic hydroxyl groups is 1. The maximum absolute atomic E-state index is 10.4. The van der Waals surface area contributed by atoms with Gasteiger partial charge in [0.2, 0.25) is 0 Å². The molecule has 0 fully saturated rings. The van der Waals surface area contributed by atoms with Crippen LogP contribution < -0.4 is 11.1 Å². The lowest BCUT2D eigenvalue weighted by Crippen LogP contribution is -2.30. The van der Waals surface area contributed by atoms with Crippen molar-refractivity contribution in [2.45, 2.75) is 83.2 Å². The van der Waals surface area contributed by atoms with E-state index in [1.165, 1.54) is 44.9 Å². The van der Waals surface area contributed by atoms with E-state index < -0.39 is 12.1 Å². The van der Waals surface area contributed by atoms with Crippen LogP contribution in [0.5, 0.6) is 0 Å². The minimum Gasteiger partial charge on any atom is -0.481 e. The van der Waals surface area contributed by atoms with E-state index in [1.807, 2.05) is 0 Å². The number of hydrogen-bond acceptors (Lipinski definition) is 3. The number of hydrogen-bond donors (Lipinski definition) is 5. The summed E-state index contributed by atoms with van der Waals surface area (Å²) >= 11 is 0. The van der Waals surface area contributed by atoms with Crippen LogP contribution in [0.2, 0.25) is 0 Å². The Morgan fingerprint density at radius 2 is 1.41 bits per heavy atom. The molecule has 0 radical (unpaired) electrons. The SMILES string of the molecule is N=C(N)NCCCCCCCCCCCCC(O)CC(=O)O. The summed E-state index contributed by atoms with van der Waals surface area (Å²) in [7, 11) is 0. The molecule has 6 heteroatoms. The Morgan fingerprint density at radius 3 is 1.86 bits per heavy atom. The van der Waals surface area contributed by atoms with Crippen LogP contribution >= 0.6 is 0 Å². The highest BCUT2D eigenvalue weighted by Gasteiger charge is 2.08. The average molecular weight is 315 g/mol. The van der Waals surface area contributed by atoms with Crippen LogP contribution in [-0.2, 0) is 4.79 Å². The van der Waals surface area contributed by atoms with Crippen LogP contribution in [0.25, 0.3) is 0 Å². The number of carboxylic acids is 1. The number of carbonyl (C=O) groups is 1. The maximum Gasteiger partial charge on any atom is 0.305 e. The third kappa shape index (κ3) is 16.8. The molecule has 130 valence electrons. The van der Waals surface area contributed by atoms with E-state index in [2.05, 4.69) is 5.32 Å². The van der Waals surface area contributed by atoms with Crippen LogP contribution in [0.4, 0.5) is 0 Å². The van der Waals surface area contributed by atoms with Gasteiger partial charge in [-0.15, -0.1) is 0 Å². The Bertz CT molecular complexity index is 298. The van der Waals surface area contributed by atoms with E-state index in [-0.39, 0.29) is 12.4 Å². The summed E-state index contributed by atoms with van der Waals surface area (Å²) in [5, 5.41) is 27.7. The van der Waals surface area contributed by atoms with Crippen molar-refractivity contribution in [1.82, 2.24) is 5.32 Å². The van der Waals surface area contributed by atoms with Crippen molar-refractivity contribution in [3.8, 4) is 0 Å². The van der Waals surface area contributed by atoms with Gasteiger partial charge in [-0.25, -0.2) is 0 Å². The number of carboxylic acid groups (broad SMARTS) is 1. The first-order valence-corrected chi connectivity index (χ1v) is 8.50. The van der Waals surface area contributed by atoms with Crippen molar-refractivity contribution in [2.75, 3.05) is 6.54 Å². The molecule has 0 aromatic carbocycles. The minimum atomic E-state index is -0.926. The summed E-state index contributed by atoms with van der Waals surface area (Å²) in [6.07, 6.45) is 11.4. The van der Waals surface area contributed by atoms with Gasteiger partial charge in [-0.1, -0.05) is 57.8 Å². The highest BCUT2D eigenvalue weighted by molar-refractivity contribution is 5.74. The van der Waals surface area contributed by atoms with Crippen molar-refractivity contribution in [3.05, 3.63) is 0 Å². The van der Waals surface area contributed by atoms with Gasteiger partial charge in [0.15, 0.2) is 5.96 Å². The highest BCUT2D eigenvalue weighted by Crippen LogP contribution is 2.12. The predicted octanol–water partition coefficient (Wildman–Crippen LogP) is 2.60. The van der Waals surface area contributed by atoms with Crippen molar-refractivity contribution < 1.29 is 15.0 Å². The topological polar surface area (TPSA) is 119 Å². The molecule has 0 spiro atoms. The van der Waals surface area contributed by atoms with E-state index in [4.69, 9.17) is 16.2 Å². The van der Waals surface area contributed by atoms with Crippen LogP contribution in [0.3, 0.4) is 0 Å². The molecule has 1 atom stereocenters. The first kappa shape index (κ1) is 20.7. The number of aliphatic carboxylic acids is 1. The van der Waals surface area contributed by atoms with Crippen molar-refractivity contribution in [2.24, 2.45) is 5.73 Å². The van der Waals surface area contributed by atoms with Crippen LogP contribution in [0.15, 0.2) is 0 Å². The third-order valence-corrected chi connectivity index (χ3v) is 3.69. The zero-order valence-electron chi connectivity index (χ0n) is 13.6. The van der Waals surface area contributed by atoms with E-state index in [9.17, 15) is 9.90 Å². The number of nitrogens with one attached hydrogen (secondary N) is 2. The molecule has 0 aromatic rings. The maximum atomic E-state index is 10.4. The zero-order chi connectivity index (χ0) is 16.6. The summed E-state index contributed by atoms with van der Waals surface area (Å²) in [5.74, 6) is -0.875. The monoisotopic (exact) mass is 315 g/mol. The second-order valence-electron chi connectivity index (χ2n) is 5.92. The van der Waals surface area contributed by atoms with E-state index >= 15 is 0 Å². The van der Waals surface area contributed by atoms with Gasteiger partial charge in [0.1, 0.15) is 0 Å². The number of unbranched alkanes of at least 4 members (excludes halogenated alkanes) is 9. The largest absolute Gasteiger partial charge is 0.481 e. The second-order valence-corrected chi connectivity index (χ2v) is 5.92. The molecule has 0 heterocycles. The summed E-state index contributed by atoms with van der Waals surface area (Å²) in [6, 6.07) is 0. The number of guanidine groups is 1. The molecule has 0 aliphatic rings. The Balaban J connectivity index is 3.11. The summed E-state index contributed by atoms with van der Waals surface area (Å²) < 4.78 is 0. The molecule has 22 heavy (non-hydrogen) atoms. The van der Waals surface area contributed by atoms with Crippen LogP contribution in [-0.4, -0.2) is 34.8 Å². The molecule has 0 rings (SSSR count). The molecule has 6 nitrogen and oxygen atoms in total. The van der Waals surface area contributed by atoms with Gasteiger partial charge in [-0.05, 0) is 12.8 Å². The zero-order valence-corrected chi connectivity index (χ0v) is 13.6. The first-order valence-electron chi connectivity index (χ1n) is 8.50. The Morgan fingerprint density at radius 1 is 0.955 bits per heavy atom. The molecular weight excluding hydrogens is 282 g/mol. The van der Waals surface area contributed by atoms with Gasteiger partial charge in [0.25, 0.3) is 0 Å². The smallest absolute Gasteiger partial charge is 0.305 e. The number of nitrogens with two attached hydrogens (primary N) is 1. The lowest BCUT2D eigenvalue weighted by molar-refractivity contribution is -0.139. The van der Waals surface area contributed by atoms with Crippen molar-refractivity contribution in [3.63, 3.8) is 0 Å². The third-order valence-electron chi connectivity index (χ3n) is 3.69. The molecule has 6 N–H and O–H groups in total. The molecular formula is C16H33N3O3. The molecule has 0 aliphatic heterocycles. The fourth-order valence-electron chi connectivity index (χ4n) is 2.45. The quantitative estimate of drug-likeness (QED) is 0.181. The molecule has 0 bridgehead atoms. The highest BCUT2D eigenvalue weighted by atomic mass is 16.4. The standard InChI is InChI=1S/C16H33N3O3/c17-16(18)19-12-10-8-6-4-2-1-3-5-7-9-11-14(20)13-15(21)22/h14,20H,1-13H2,(H,21,22)(H4,17,18,19). The lowest BCUT2D eigenvalue weighted by atomic mass is 10.0. The summed E-state index contributed by atoms with van der Waals surface area (Å²) in [6.45, 7) is 0.795. The molecule has 0 amide bonds. The van der Waals surface area contributed by atoms with Crippen LogP contribution in [0.1, 0.15) is 77.0 Å². The Hall–Kier alpha value is -1.30. The predicted molar refractivity (Wildman–Crippen MR) is 89.0 cm³/mol. The average Bonchev–Trinajstić information content (AvgIpc) is 2.42. The number of aliphatic hydroxyl groups excluding tert-OH is 1. The number of rotatable bonds is 15. The van der Waals surface area contributed by atoms with Crippen LogP contribution in [0, 0.1) is 5.41 Å². The van der Waals surface area contributed by atoms with Gasteiger partial charge in [0.05, 0.1) is 12.5 Å². The fraction of sp³-hybridized carbons (Fsp3) is 0.875. The van der Waals surface area contributed by atoms with E-state index in [1.54, 1.807) is 0 Å². The van der Waals surface area contributed by atoms with Gasteiger partial charge >= 0.3 is 5.97 Å². The molecule has 0 aliphatic carbocycles. The van der Waals surface area contributed by atoms with E-state index in [0.717, 1.165) is 25.8 Å². The van der Waals surface area contributed by atoms with Gasteiger partial charge in [-0.3, -0.25) is 10.2 Å². The molecule has 1 unspecified atom stereocenters. The van der Waals surface area contributed by atoms with Gasteiger partial charge in [-0.2, -0.15) is 0 Å². The van der Waals surface area contributed by atoms with Gasteiger partial charge < -0.3 is 21.3 Å². The molecule has 0 saturated heterocycles. The van der Waals surface area contributed by atoms with Gasteiger partial charge in [0, 0.05) is 6.54 Å².